The molecule has 1 amide bonds. The first kappa shape index (κ1) is 23.6. The number of fused-ring (bicyclic) bond motifs is 2. The van der Waals surface area contributed by atoms with Crippen LogP contribution in [0.15, 0.2) is 47.4 Å². The molecule has 2 fully saturated rings. The molecule has 33 heavy (non-hydrogen) atoms. The summed E-state index contributed by atoms with van der Waals surface area (Å²) in [6, 6.07) is 11.1. The zero-order valence-electron chi connectivity index (χ0n) is 19.3. The van der Waals surface area contributed by atoms with Gasteiger partial charge in [0.25, 0.3) is 5.91 Å². The lowest BCUT2D eigenvalue weighted by Gasteiger charge is -2.28. The molecule has 0 heterocycles. The highest BCUT2D eigenvalue weighted by atomic mass is 32.2. The van der Waals surface area contributed by atoms with Crippen molar-refractivity contribution in [1.29, 1.82) is 0 Å². The van der Waals surface area contributed by atoms with Crippen LogP contribution in [0.4, 0.5) is 5.69 Å². The minimum absolute atomic E-state index is 0.0840. The van der Waals surface area contributed by atoms with E-state index < -0.39 is 10.0 Å². The van der Waals surface area contributed by atoms with Gasteiger partial charge in [0.2, 0.25) is 10.0 Å². The third-order valence-electron chi connectivity index (χ3n) is 6.92. The molecule has 2 saturated carbocycles. The SMILES string of the molecule is CCOc1cc(C(=O)Nc2ccc(S(=O)(=O)N[C@H](C)[C@H]3C[C@@H]4CC[C@@H]3C4)cc2)ccc1OC. The van der Waals surface area contributed by atoms with E-state index in [0.717, 1.165) is 12.3 Å². The lowest BCUT2D eigenvalue weighted by molar-refractivity contribution is 0.102. The zero-order chi connectivity index (χ0) is 23.6. The summed E-state index contributed by atoms with van der Waals surface area (Å²) in [7, 11) is -2.08. The number of nitrogens with one attached hydrogen (secondary N) is 2. The number of amides is 1. The number of anilines is 1. The van der Waals surface area contributed by atoms with Crippen LogP contribution in [0.3, 0.4) is 0 Å². The van der Waals surface area contributed by atoms with Crippen molar-refractivity contribution < 1.29 is 22.7 Å². The molecule has 7 nitrogen and oxygen atoms in total. The van der Waals surface area contributed by atoms with Crippen molar-refractivity contribution in [3.8, 4) is 11.5 Å². The molecule has 4 atom stereocenters. The van der Waals surface area contributed by atoms with E-state index in [1.54, 1.807) is 37.4 Å². The Morgan fingerprint density at radius 1 is 1.09 bits per heavy atom. The maximum absolute atomic E-state index is 12.9. The first-order valence-electron chi connectivity index (χ1n) is 11.5. The Morgan fingerprint density at radius 3 is 2.45 bits per heavy atom. The number of rotatable bonds is 9. The van der Waals surface area contributed by atoms with Gasteiger partial charge in [-0.25, -0.2) is 13.1 Å². The fourth-order valence-electron chi connectivity index (χ4n) is 5.31. The van der Waals surface area contributed by atoms with Gasteiger partial charge >= 0.3 is 0 Å². The Morgan fingerprint density at radius 2 is 1.85 bits per heavy atom. The predicted octanol–water partition coefficient (Wildman–Crippen LogP) is 4.45. The number of carbonyl (C=O) groups is 1. The summed E-state index contributed by atoms with van der Waals surface area (Å²) in [5, 5.41) is 2.80. The molecule has 2 aromatic rings. The molecule has 0 aliphatic heterocycles. The lowest BCUT2D eigenvalue weighted by Crippen LogP contribution is -2.40. The van der Waals surface area contributed by atoms with E-state index in [1.807, 2.05) is 13.8 Å². The van der Waals surface area contributed by atoms with Crippen LogP contribution >= 0.6 is 0 Å². The Bertz CT molecular complexity index is 1100. The number of methoxy groups -OCH3 is 1. The number of carbonyl (C=O) groups excluding carboxylic acids is 1. The molecule has 8 heteroatoms. The lowest BCUT2D eigenvalue weighted by atomic mass is 9.84. The molecule has 2 bridgehead atoms. The normalized spacial score (nSPS) is 22.7. The van der Waals surface area contributed by atoms with Crippen molar-refractivity contribution in [2.75, 3.05) is 19.0 Å². The number of ether oxygens (including phenoxy) is 2. The second-order valence-electron chi connectivity index (χ2n) is 9.03. The summed E-state index contributed by atoms with van der Waals surface area (Å²) in [4.78, 5) is 12.9. The highest BCUT2D eigenvalue weighted by Gasteiger charge is 2.42. The van der Waals surface area contributed by atoms with E-state index >= 15 is 0 Å². The van der Waals surface area contributed by atoms with Gasteiger partial charge in [0.05, 0.1) is 18.6 Å². The number of benzene rings is 2. The first-order chi connectivity index (χ1) is 15.8. The molecule has 2 aliphatic rings. The average Bonchev–Trinajstić information content (AvgIpc) is 3.43. The molecule has 0 radical (unpaired) electrons. The van der Waals surface area contributed by atoms with E-state index in [-0.39, 0.29) is 16.8 Å². The van der Waals surface area contributed by atoms with Crippen molar-refractivity contribution >= 4 is 21.6 Å². The maximum Gasteiger partial charge on any atom is 0.255 e. The topological polar surface area (TPSA) is 93.7 Å². The monoisotopic (exact) mass is 472 g/mol. The van der Waals surface area contributed by atoms with Crippen LogP contribution in [0, 0.1) is 17.8 Å². The second kappa shape index (κ2) is 9.73. The molecule has 0 unspecified atom stereocenters. The Balaban J connectivity index is 1.40. The van der Waals surface area contributed by atoms with Gasteiger partial charge < -0.3 is 14.8 Å². The van der Waals surface area contributed by atoms with Crippen molar-refractivity contribution in [1.82, 2.24) is 4.72 Å². The van der Waals surface area contributed by atoms with Gasteiger partial charge in [0.1, 0.15) is 0 Å². The highest BCUT2D eigenvalue weighted by molar-refractivity contribution is 7.89. The second-order valence-corrected chi connectivity index (χ2v) is 10.7. The predicted molar refractivity (Wildman–Crippen MR) is 127 cm³/mol. The fourth-order valence-corrected chi connectivity index (χ4v) is 6.61. The van der Waals surface area contributed by atoms with Gasteiger partial charge in [0.15, 0.2) is 11.5 Å². The third-order valence-corrected chi connectivity index (χ3v) is 8.50. The van der Waals surface area contributed by atoms with Gasteiger partial charge in [-0.1, -0.05) is 6.42 Å². The summed E-state index contributed by atoms with van der Waals surface area (Å²) in [6.45, 7) is 4.28. The molecule has 2 N–H and O–H groups in total. The van der Waals surface area contributed by atoms with Gasteiger partial charge in [0, 0.05) is 17.3 Å². The summed E-state index contributed by atoms with van der Waals surface area (Å²) < 4.78 is 39.4. The van der Waals surface area contributed by atoms with Crippen molar-refractivity contribution in [2.45, 2.75) is 50.5 Å². The van der Waals surface area contributed by atoms with Crippen molar-refractivity contribution in [2.24, 2.45) is 17.8 Å². The summed E-state index contributed by atoms with van der Waals surface area (Å²) in [5.41, 5.74) is 0.922. The summed E-state index contributed by atoms with van der Waals surface area (Å²) >= 11 is 0. The van der Waals surface area contributed by atoms with Gasteiger partial charge in [-0.3, -0.25) is 4.79 Å². The number of hydrogen-bond donors (Lipinski definition) is 2. The van der Waals surface area contributed by atoms with Crippen molar-refractivity contribution in [3.05, 3.63) is 48.0 Å². The minimum atomic E-state index is -3.62. The van der Waals surface area contributed by atoms with Crippen LogP contribution in [-0.4, -0.2) is 34.1 Å². The summed E-state index contributed by atoms with van der Waals surface area (Å²) in [5.74, 6) is 2.55. The van der Waals surface area contributed by atoms with E-state index in [4.69, 9.17) is 9.47 Å². The fraction of sp³-hybridized carbons (Fsp3) is 0.480. The van der Waals surface area contributed by atoms with Crippen LogP contribution in [0.1, 0.15) is 49.9 Å². The Labute approximate surface area is 195 Å². The molecule has 2 aromatic carbocycles. The van der Waals surface area contributed by atoms with Gasteiger partial charge in [-0.15, -0.1) is 0 Å². The average molecular weight is 473 g/mol. The molecule has 2 aliphatic carbocycles. The number of sulfonamides is 1. The quantitative estimate of drug-likeness (QED) is 0.562. The highest BCUT2D eigenvalue weighted by Crippen LogP contribution is 2.49. The standard InChI is InChI=1S/C25H32N2O5S/c1-4-32-24-15-19(7-12-23(24)31-3)25(28)26-20-8-10-21(11-9-20)33(29,30)27-16(2)22-14-17-5-6-18(22)13-17/h7-12,15-18,22,27H,4-6,13-14H2,1-3H3,(H,26,28)/t16-,17-,18-,22-/m1/s1. The van der Waals surface area contributed by atoms with Crippen LogP contribution in [0.25, 0.3) is 0 Å². The zero-order valence-corrected chi connectivity index (χ0v) is 20.2. The summed E-state index contributed by atoms with van der Waals surface area (Å²) in [6.07, 6.45) is 4.87. The van der Waals surface area contributed by atoms with Crippen LogP contribution < -0.4 is 19.5 Å². The third kappa shape index (κ3) is 5.17. The van der Waals surface area contributed by atoms with Gasteiger partial charge in [-0.05, 0) is 93.3 Å². The van der Waals surface area contributed by atoms with E-state index in [1.165, 1.54) is 31.4 Å². The van der Waals surface area contributed by atoms with Crippen LogP contribution in [-0.2, 0) is 10.0 Å². The van der Waals surface area contributed by atoms with E-state index in [2.05, 4.69) is 10.0 Å². The minimum Gasteiger partial charge on any atom is -0.493 e. The molecule has 4 rings (SSSR count). The molecular weight excluding hydrogens is 440 g/mol. The Hall–Kier alpha value is -2.58. The van der Waals surface area contributed by atoms with E-state index in [9.17, 15) is 13.2 Å². The van der Waals surface area contributed by atoms with Gasteiger partial charge in [-0.2, -0.15) is 0 Å². The molecule has 0 saturated heterocycles. The molecule has 0 spiro atoms. The maximum atomic E-state index is 12.9. The first-order valence-corrected chi connectivity index (χ1v) is 13.0. The molecular formula is C25H32N2O5S. The van der Waals surface area contributed by atoms with Crippen LogP contribution in [0.2, 0.25) is 0 Å². The number of hydrogen-bond acceptors (Lipinski definition) is 5. The molecule has 0 aromatic heterocycles. The van der Waals surface area contributed by atoms with E-state index in [0.29, 0.717) is 41.2 Å². The largest absolute Gasteiger partial charge is 0.493 e. The van der Waals surface area contributed by atoms with Crippen LogP contribution in [0.5, 0.6) is 11.5 Å². The molecule has 178 valence electrons. The Kier molecular flexibility index (Phi) is 6.95. The smallest absolute Gasteiger partial charge is 0.255 e. The van der Waals surface area contributed by atoms with Crippen molar-refractivity contribution in [3.63, 3.8) is 0 Å².